The largest absolute Gasteiger partial charge is 0.309 e. The van der Waals surface area contributed by atoms with Crippen LogP contribution in [0.15, 0.2) is 24.4 Å². The van der Waals surface area contributed by atoms with Crippen LogP contribution >= 0.6 is 69.6 Å². The number of pyridine rings is 1. The highest BCUT2D eigenvalue weighted by atomic mass is 35.6. The van der Waals surface area contributed by atoms with Gasteiger partial charge in [0.2, 0.25) is 13.5 Å². The smallest absolute Gasteiger partial charge is 0.250 e. The lowest BCUT2D eigenvalue weighted by atomic mass is 10.5. The standard InChI is InChI=1S/C10H5Cl6N5/c11-9(12,13)6-19-7(10(14,15)16)21-8(20-6)18-5-3-1-2-4-17-5/h1-4H,(H,17,18,19,20,21). The summed E-state index contributed by atoms with van der Waals surface area (Å²) in [4.78, 5) is 15.8. The Balaban J connectivity index is 2.45. The van der Waals surface area contributed by atoms with Gasteiger partial charge in [-0.2, -0.15) is 9.97 Å². The fourth-order valence-electron chi connectivity index (χ4n) is 1.24. The topological polar surface area (TPSA) is 63.6 Å². The van der Waals surface area contributed by atoms with Crippen LogP contribution in [-0.2, 0) is 7.59 Å². The quantitative estimate of drug-likeness (QED) is 0.733. The van der Waals surface area contributed by atoms with E-state index < -0.39 is 7.59 Å². The molecule has 0 unspecified atom stereocenters. The molecular formula is C10H5Cl6N5. The summed E-state index contributed by atoms with van der Waals surface area (Å²) >= 11 is 34.6. The molecule has 0 saturated heterocycles. The highest BCUT2D eigenvalue weighted by Crippen LogP contribution is 2.40. The molecule has 0 aliphatic heterocycles. The molecule has 0 fully saturated rings. The zero-order valence-corrected chi connectivity index (χ0v) is 14.4. The normalized spacial score (nSPS) is 12.3. The van der Waals surface area contributed by atoms with Crippen LogP contribution in [0.25, 0.3) is 0 Å². The van der Waals surface area contributed by atoms with Crippen molar-refractivity contribution in [3.63, 3.8) is 0 Å². The molecule has 0 bridgehead atoms. The molecule has 0 aliphatic carbocycles. The number of hydrogen-bond acceptors (Lipinski definition) is 5. The van der Waals surface area contributed by atoms with Gasteiger partial charge in [0.15, 0.2) is 11.6 Å². The van der Waals surface area contributed by atoms with Crippen molar-refractivity contribution >= 4 is 81.4 Å². The van der Waals surface area contributed by atoms with Gasteiger partial charge in [-0.25, -0.2) is 9.97 Å². The Morgan fingerprint density at radius 1 is 0.810 bits per heavy atom. The van der Waals surface area contributed by atoms with E-state index >= 15 is 0 Å². The van der Waals surface area contributed by atoms with E-state index in [2.05, 4.69) is 25.3 Å². The van der Waals surface area contributed by atoms with Crippen LogP contribution < -0.4 is 5.32 Å². The molecule has 11 heteroatoms. The molecule has 2 rings (SSSR count). The summed E-state index contributed by atoms with van der Waals surface area (Å²) in [6.07, 6.45) is 1.58. The molecule has 2 aromatic heterocycles. The third-order valence-electron chi connectivity index (χ3n) is 2.05. The molecular weight excluding hydrogens is 403 g/mol. The fourth-order valence-corrected chi connectivity index (χ4v) is 1.74. The van der Waals surface area contributed by atoms with Gasteiger partial charge in [-0.05, 0) is 12.1 Å². The van der Waals surface area contributed by atoms with Gasteiger partial charge in [0.1, 0.15) is 5.82 Å². The lowest BCUT2D eigenvalue weighted by Gasteiger charge is -2.15. The van der Waals surface area contributed by atoms with Crippen molar-refractivity contribution < 1.29 is 0 Å². The van der Waals surface area contributed by atoms with E-state index in [4.69, 9.17) is 69.6 Å². The van der Waals surface area contributed by atoms with Crippen LogP contribution in [0, 0.1) is 0 Å². The monoisotopic (exact) mass is 405 g/mol. The van der Waals surface area contributed by atoms with Crippen molar-refractivity contribution in [2.75, 3.05) is 5.32 Å². The number of nitrogens with one attached hydrogen (secondary N) is 1. The lowest BCUT2D eigenvalue weighted by Crippen LogP contribution is -2.17. The number of hydrogen-bond donors (Lipinski definition) is 1. The van der Waals surface area contributed by atoms with E-state index in [-0.39, 0.29) is 17.6 Å². The van der Waals surface area contributed by atoms with Gasteiger partial charge in [-0.3, -0.25) is 0 Å². The second kappa shape index (κ2) is 6.44. The molecule has 21 heavy (non-hydrogen) atoms. The van der Waals surface area contributed by atoms with Crippen molar-refractivity contribution in [2.24, 2.45) is 0 Å². The maximum Gasteiger partial charge on any atom is 0.250 e. The minimum Gasteiger partial charge on any atom is -0.309 e. The Bertz CT molecular complexity index is 592. The first-order chi connectivity index (χ1) is 9.66. The first-order valence-electron chi connectivity index (χ1n) is 5.25. The molecule has 0 radical (unpaired) electrons. The highest BCUT2D eigenvalue weighted by Gasteiger charge is 2.33. The van der Waals surface area contributed by atoms with Crippen LogP contribution in [0.2, 0.25) is 0 Å². The minimum absolute atomic E-state index is 0.0337. The van der Waals surface area contributed by atoms with Gasteiger partial charge < -0.3 is 5.32 Å². The zero-order valence-electron chi connectivity index (χ0n) is 9.87. The molecule has 2 aromatic rings. The fraction of sp³-hybridized carbons (Fsp3) is 0.200. The van der Waals surface area contributed by atoms with Gasteiger partial charge in [0, 0.05) is 6.20 Å². The number of alkyl halides is 6. The van der Waals surface area contributed by atoms with Gasteiger partial charge in [0.05, 0.1) is 0 Å². The van der Waals surface area contributed by atoms with Crippen molar-refractivity contribution in [1.29, 1.82) is 0 Å². The zero-order chi connectivity index (χ0) is 15.7. The molecule has 2 heterocycles. The van der Waals surface area contributed by atoms with Crippen molar-refractivity contribution in [3.05, 3.63) is 36.0 Å². The predicted octanol–water partition coefficient (Wildman–Crippen LogP) is 4.66. The highest BCUT2D eigenvalue weighted by molar-refractivity contribution is 6.67. The molecule has 112 valence electrons. The summed E-state index contributed by atoms with van der Waals surface area (Å²) in [6, 6.07) is 5.20. The van der Waals surface area contributed by atoms with Crippen LogP contribution in [0.4, 0.5) is 11.8 Å². The Hall–Kier alpha value is -0.300. The van der Waals surface area contributed by atoms with E-state index in [1.807, 2.05) is 0 Å². The van der Waals surface area contributed by atoms with E-state index in [0.717, 1.165) is 0 Å². The molecule has 5 nitrogen and oxygen atoms in total. The number of aromatic nitrogens is 4. The second-order valence-corrected chi connectivity index (χ2v) is 8.20. The number of nitrogens with zero attached hydrogens (tertiary/aromatic N) is 4. The Morgan fingerprint density at radius 3 is 1.81 bits per heavy atom. The van der Waals surface area contributed by atoms with Gasteiger partial charge in [-0.1, -0.05) is 75.7 Å². The number of anilines is 2. The Kier molecular flexibility index (Phi) is 5.23. The molecule has 0 aliphatic rings. The van der Waals surface area contributed by atoms with Crippen LogP contribution in [-0.4, -0.2) is 19.9 Å². The summed E-state index contributed by atoms with van der Waals surface area (Å²) < 4.78 is -3.79. The van der Waals surface area contributed by atoms with Gasteiger partial charge in [-0.15, -0.1) is 0 Å². The molecule has 0 amide bonds. The van der Waals surface area contributed by atoms with Crippen LogP contribution in [0.1, 0.15) is 11.6 Å². The van der Waals surface area contributed by atoms with Crippen molar-refractivity contribution in [2.45, 2.75) is 7.59 Å². The van der Waals surface area contributed by atoms with Crippen molar-refractivity contribution in [1.82, 2.24) is 19.9 Å². The first kappa shape index (κ1) is 17.1. The Labute approximate surface area is 149 Å². The summed E-state index contributed by atoms with van der Waals surface area (Å²) in [7, 11) is 0. The SMILES string of the molecule is ClC(Cl)(Cl)c1nc(Nc2ccccn2)nc(C(Cl)(Cl)Cl)n1. The van der Waals surface area contributed by atoms with Crippen LogP contribution in [0.3, 0.4) is 0 Å². The lowest BCUT2D eigenvalue weighted by molar-refractivity contribution is 0.851. The van der Waals surface area contributed by atoms with E-state index in [1.54, 1.807) is 24.4 Å². The summed E-state index contributed by atoms with van der Waals surface area (Å²) in [5.74, 6) is 0.144. The summed E-state index contributed by atoms with van der Waals surface area (Å²) in [5.41, 5.74) is 0. The average Bonchev–Trinajstić information content (AvgIpc) is 2.37. The Morgan fingerprint density at radius 2 is 1.38 bits per heavy atom. The molecule has 1 N–H and O–H groups in total. The van der Waals surface area contributed by atoms with Gasteiger partial charge in [0.25, 0.3) is 0 Å². The predicted molar refractivity (Wildman–Crippen MR) is 85.8 cm³/mol. The number of rotatable bonds is 2. The summed E-state index contributed by atoms with van der Waals surface area (Å²) in [6.45, 7) is 0. The van der Waals surface area contributed by atoms with Gasteiger partial charge >= 0.3 is 0 Å². The summed E-state index contributed by atoms with van der Waals surface area (Å²) in [5, 5.41) is 2.80. The van der Waals surface area contributed by atoms with Crippen molar-refractivity contribution in [3.8, 4) is 0 Å². The molecule has 0 atom stereocenters. The van der Waals surface area contributed by atoms with E-state index in [9.17, 15) is 0 Å². The minimum atomic E-state index is -1.89. The molecule has 0 aromatic carbocycles. The average molecular weight is 408 g/mol. The van der Waals surface area contributed by atoms with Crippen LogP contribution in [0.5, 0.6) is 0 Å². The van der Waals surface area contributed by atoms with E-state index in [1.165, 1.54) is 0 Å². The third-order valence-corrected chi connectivity index (χ3v) is 3.06. The number of halogens is 6. The maximum absolute atomic E-state index is 5.76. The second-order valence-electron chi connectivity index (χ2n) is 3.64. The van der Waals surface area contributed by atoms with E-state index in [0.29, 0.717) is 5.82 Å². The molecule has 0 spiro atoms. The first-order valence-corrected chi connectivity index (χ1v) is 7.51. The maximum atomic E-state index is 5.76. The molecule has 0 saturated carbocycles. The third kappa shape index (κ3) is 4.84.